The molecule has 19 heavy (non-hydrogen) atoms. The van der Waals surface area contributed by atoms with Crippen LogP contribution < -0.4 is 0 Å². The first-order chi connectivity index (χ1) is 9.38. The normalized spacial score (nSPS) is 16.9. The molecule has 0 atom stereocenters. The minimum absolute atomic E-state index is 1.09. The summed E-state index contributed by atoms with van der Waals surface area (Å²) < 4.78 is 0. The van der Waals surface area contributed by atoms with Crippen LogP contribution in [0.15, 0.2) is 42.5 Å². The maximum Gasteiger partial charge on any atom is 0.0918 e. The molecule has 1 nitrogen and oxygen atoms in total. The molecule has 0 unspecified atom stereocenters. The van der Waals surface area contributed by atoms with Crippen LogP contribution >= 0.6 is 0 Å². The zero-order chi connectivity index (χ0) is 12.8. The second kappa shape index (κ2) is 3.83. The number of fused-ring (bicyclic) bond motifs is 4. The van der Waals surface area contributed by atoms with E-state index < -0.39 is 0 Å². The minimum Gasteiger partial charge on any atom is -0.193 e. The average Bonchev–Trinajstić information content (AvgIpc) is 3.01. The second-order valence-electron chi connectivity index (χ2n) is 5.25. The Hall–Kier alpha value is -2.33. The molecule has 0 amide bonds. The van der Waals surface area contributed by atoms with Crippen LogP contribution in [0.4, 0.5) is 0 Å². The third-order valence-electron chi connectivity index (χ3n) is 4.24. The van der Waals surface area contributed by atoms with Crippen LogP contribution in [0.5, 0.6) is 0 Å². The van der Waals surface area contributed by atoms with E-state index in [9.17, 15) is 0 Å². The van der Waals surface area contributed by atoms with Crippen LogP contribution in [0.2, 0.25) is 0 Å². The van der Waals surface area contributed by atoms with Gasteiger partial charge in [-0.05, 0) is 52.6 Å². The number of benzene rings is 2. The molecular weight excluding hydrogens is 230 g/mol. The van der Waals surface area contributed by atoms with E-state index >= 15 is 0 Å². The van der Waals surface area contributed by atoms with Crippen molar-refractivity contribution in [2.75, 3.05) is 0 Å². The lowest BCUT2D eigenvalue weighted by atomic mass is 9.98. The van der Waals surface area contributed by atoms with E-state index in [2.05, 4.69) is 36.4 Å². The molecule has 1 heteroatoms. The molecule has 2 aliphatic rings. The fraction of sp³-hybridized carbons (Fsp3) is 0.167. The van der Waals surface area contributed by atoms with Gasteiger partial charge in [0.25, 0.3) is 0 Å². The van der Waals surface area contributed by atoms with Gasteiger partial charge in [-0.15, -0.1) is 0 Å². The van der Waals surface area contributed by atoms with Gasteiger partial charge in [0.15, 0.2) is 0 Å². The number of nitriles is 1. The Kier molecular flexibility index (Phi) is 2.13. The molecule has 0 heterocycles. The van der Waals surface area contributed by atoms with E-state index in [1.807, 2.05) is 6.07 Å². The van der Waals surface area contributed by atoms with Crippen LogP contribution in [-0.2, 0) is 12.8 Å². The Labute approximate surface area is 112 Å². The van der Waals surface area contributed by atoms with Crippen molar-refractivity contribution in [3.05, 3.63) is 64.7 Å². The van der Waals surface area contributed by atoms with Crippen molar-refractivity contribution >= 4 is 5.57 Å². The smallest absolute Gasteiger partial charge is 0.0918 e. The maximum absolute atomic E-state index is 9.04. The van der Waals surface area contributed by atoms with Crippen molar-refractivity contribution in [2.24, 2.45) is 0 Å². The van der Waals surface area contributed by atoms with Crippen molar-refractivity contribution < 1.29 is 0 Å². The van der Waals surface area contributed by atoms with Gasteiger partial charge in [-0.2, -0.15) is 5.26 Å². The van der Waals surface area contributed by atoms with Crippen LogP contribution in [0.25, 0.3) is 16.7 Å². The number of hydrogen-bond donors (Lipinski definition) is 0. The maximum atomic E-state index is 9.04. The minimum atomic E-state index is 1.09. The van der Waals surface area contributed by atoms with Gasteiger partial charge in [0.05, 0.1) is 6.07 Å². The van der Waals surface area contributed by atoms with Crippen LogP contribution in [0, 0.1) is 11.3 Å². The Morgan fingerprint density at radius 2 is 1.58 bits per heavy atom. The summed E-state index contributed by atoms with van der Waals surface area (Å²) in [6, 6.07) is 15.2. The first-order valence-electron chi connectivity index (χ1n) is 6.74. The van der Waals surface area contributed by atoms with Crippen molar-refractivity contribution in [2.45, 2.75) is 19.3 Å². The van der Waals surface area contributed by atoms with Gasteiger partial charge in [0.1, 0.15) is 0 Å². The van der Waals surface area contributed by atoms with Crippen LogP contribution in [0.1, 0.15) is 28.7 Å². The van der Waals surface area contributed by atoms with Crippen molar-refractivity contribution in [3.8, 4) is 17.2 Å². The summed E-state index contributed by atoms with van der Waals surface area (Å²) in [5.41, 5.74) is 9.06. The highest BCUT2D eigenvalue weighted by Crippen LogP contribution is 2.46. The summed E-state index contributed by atoms with van der Waals surface area (Å²) in [5.74, 6) is 0. The monoisotopic (exact) mass is 243 g/mol. The lowest BCUT2D eigenvalue weighted by Crippen LogP contribution is -1.87. The lowest BCUT2D eigenvalue weighted by Gasteiger charge is -2.05. The highest BCUT2D eigenvalue weighted by Gasteiger charge is 2.25. The molecule has 0 N–H and O–H groups in total. The van der Waals surface area contributed by atoms with Gasteiger partial charge >= 0.3 is 0 Å². The zero-order valence-electron chi connectivity index (χ0n) is 10.6. The molecule has 2 aromatic rings. The van der Waals surface area contributed by atoms with Crippen molar-refractivity contribution in [3.63, 3.8) is 0 Å². The molecule has 0 fully saturated rings. The van der Waals surface area contributed by atoms with Gasteiger partial charge in [0, 0.05) is 11.6 Å². The summed E-state index contributed by atoms with van der Waals surface area (Å²) in [6.45, 7) is 0. The second-order valence-corrected chi connectivity index (χ2v) is 5.25. The average molecular weight is 243 g/mol. The molecule has 0 saturated carbocycles. The molecule has 4 rings (SSSR count). The standard InChI is InChI=1S/C18H13N/c19-9-8-16-14-6-1-2-7-15(14)17-10-12-4-3-5-13(12)11-18(16)17/h1-2,6-8,10-11H,3-5H2/b16-8-. The largest absolute Gasteiger partial charge is 0.193 e. The molecule has 0 saturated heterocycles. The van der Waals surface area contributed by atoms with E-state index in [4.69, 9.17) is 5.26 Å². The van der Waals surface area contributed by atoms with Crippen molar-refractivity contribution in [1.82, 2.24) is 0 Å². The first kappa shape index (κ1) is 10.6. The summed E-state index contributed by atoms with van der Waals surface area (Å²) in [5, 5.41) is 9.04. The third-order valence-corrected chi connectivity index (χ3v) is 4.24. The molecule has 0 aliphatic heterocycles. The first-order valence-corrected chi connectivity index (χ1v) is 6.74. The fourth-order valence-electron chi connectivity index (χ4n) is 3.39. The van der Waals surface area contributed by atoms with Crippen molar-refractivity contribution in [1.29, 1.82) is 5.26 Å². The highest BCUT2D eigenvalue weighted by molar-refractivity contribution is 6.02. The summed E-state index contributed by atoms with van der Waals surface area (Å²) >= 11 is 0. The number of rotatable bonds is 0. The molecule has 2 aliphatic carbocycles. The molecule has 0 bridgehead atoms. The Morgan fingerprint density at radius 3 is 2.32 bits per heavy atom. The fourth-order valence-corrected chi connectivity index (χ4v) is 3.39. The highest BCUT2D eigenvalue weighted by atomic mass is 14.3. The predicted octanol–water partition coefficient (Wildman–Crippen LogP) is 4.11. The Morgan fingerprint density at radius 1 is 0.895 bits per heavy atom. The summed E-state index contributed by atoms with van der Waals surface area (Å²) in [7, 11) is 0. The number of allylic oxidation sites excluding steroid dienone is 1. The predicted molar refractivity (Wildman–Crippen MR) is 76.6 cm³/mol. The topological polar surface area (TPSA) is 23.8 Å². The third kappa shape index (κ3) is 1.40. The molecule has 2 aromatic carbocycles. The van der Waals surface area contributed by atoms with E-state index in [0.29, 0.717) is 0 Å². The van der Waals surface area contributed by atoms with E-state index in [0.717, 1.165) is 5.57 Å². The Bertz CT molecular complexity index is 760. The Balaban J connectivity index is 2.06. The zero-order valence-corrected chi connectivity index (χ0v) is 10.6. The van der Waals surface area contributed by atoms with Crippen LogP contribution in [-0.4, -0.2) is 0 Å². The molecule has 0 radical (unpaired) electrons. The lowest BCUT2D eigenvalue weighted by molar-refractivity contribution is 0.912. The quantitative estimate of drug-likeness (QED) is 0.545. The number of nitrogens with zero attached hydrogens (tertiary/aromatic N) is 1. The van der Waals surface area contributed by atoms with Crippen LogP contribution in [0.3, 0.4) is 0 Å². The number of aryl methyl sites for hydroxylation is 2. The number of hydrogen-bond acceptors (Lipinski definition) is 1. The molecule has 0 spiro atoms. The summed E-state index contributed by atoms with van der Waals surface area (Å²) in [6.07, 6.45) is 5.32. The molecule has 90 valence electrons. The molecule has 0 aromatic heterocycles. The van der Waals surface area contributed by atoms with Gasteiger partial charge in [-0.25, -0.2) is 0 Å². The van der Waals surface area contributed by atoms with E-state index in [1.54, 1.807) is 6.08 Å². The van der Waals surface area contributed by atoms with Gasteiger partial charge in [0.2, 0.25) is 0 Å². The SMILES string of the molecule is N#C/C=C1/c2ccccc2-c2cc3c(cc21)CCC3. The van der Waals surface area contributed by atoms with E-state index in [-0.39, 0.29) is 0 Å². The van der Waals surface area contributed by atoms with Gasteiger partial charge in [-0.3, -0.25) is 0 Å². The molecular formula is C18H13N. The summed E-state index contributed by atoms with van der Waals surface area (Å²) in [4.78, 5) is 0. The van der Waals surface area contributed by atoms with E-state index in [1.165, 1.54) is 52.6 Å². The van der Waals surface area contributed by atoms with Gasteiger partial charge < -0.3 is 0 Å². The van der Waals surface area contributed by atoms with Gasteiger partial charge in [-0.1, -0.05) is 36.4 Å².